The van der Waals surface area contributed by atoms with Crippen molar-refractivity contribution in [2.75, 3.05) is 0 Å². The van der Waals surface area contributed by atoms with Crippen LogP contribution in [0.4, 0.5) is 0 Å². The summed E-state index contributed by atoms with van der Waals surface area (Å²) in [6.07, 6.45) is 1.88. The molecule has 20 heavy (non-hydrogen) atoms. The molecular formula is C15H16ClN3S. The number of hydrogen-bond acceptors (Lipinski definition) is 3. The lowest BCUT2D eigenvalue weighted by molar-refractivity contribution is 0.623. The van der Waals surface area contributed by atoms with E-state index in [-0.39, 0.29) is 11.4 Å². The summed E-state index contributed by atoms with van der Waals surface area (Å²) in [5.41, 5.74) is 2.93. The van der Waals surface area contributed by atoms with Crippen molar-refractivity contribution in [3.63, 3.8) is 0 Å². The van der Waals surface area contributed by atoms with E-state index in [2.05, 4.69) is 45.0 Å². The molecule has 0 spiro atoms. The van der Waals surface area contributed by atoms with E-state index in [1.807, 2.05) is 20.0 Å². The highest BCUT2D eigenvalue weighted by atomic mass is 35.5. The topological polar surface area (TPSA) is 30.7 Å². The van der Waals surface area contributed by atoms with Crippen LogP contribution in [0.3, 0.4) is 0 Å². The van der Waals surface area contributed by atoms with E-state index in [9.17, 15) is 0 Å². The quantitative estimate of drug-likeness (QED) is 0.656. The highest BCUT2D eigenvalue weighted by Crippen LogP contribution is 2.31. The number of fused-ring (bicyclic) bond motifs is 1. The minimum atomic E-state index is -0.146. The van der Waals surface area contributed by atoms with Crippen molar-refractivity contribution in [3.8, 4) is 0 Å². The molecule has 3 aromatic rings. The van der Waals surface area contributed by atoms with Crippen LogP contribution in [0.25, 0.3) is 11.2 Å². The zero-order chi connectivity index (χ0) is 14.3. The van der Waals surface area contributed by atoms with Crippen molar-refractivity contribution in [2.24, 2.45) is 0 Å². The molecule has 0 bridgehead atoms. The predicted molar refractivity (Wildman–Crippen MR) is 84.7 cm³/mol. The molecule has 0 aliphatic carbocycles. The van der Waals surface area contributed by atoms with E-state index in [0.717, 1.165) is 22.6 Å². The zero-order valence-corrected chi connectivity index (χ0v) is 13.2. The number of halogens is 1. The highest BCUT2D eigenvalue weighted by Gasteiger charge is 2.21. The fourth-order valence-electron chi connectivity index (χ4n) is 2.42. The average molecular weight is 306 g/mol. The van der Waals surface area contributed by atoms with Crippen LogP contribution in [0.1, 0.15) is 41.5 Å². The second kappa shape index (κ2) is 5.19. The minimum absolute atomic E-state index is 0.146. The largest absolute Gasteiger partial charge is 0.303 e. The average Bonchev–Trinajstić information content (AvgIpc) is 3.04. The summed E-state index contributed by atoms with van der Waals surface area (Å²) in [6, 6.07) is 6.45. The molecule has 0 fully saturated rings. The highest BCUT2D eigenvalue weighted by molar-refractivity contribution is 7.10. The minimum Gasteiger partial charge on any atom is -0.303 e. The van der Waals surface area contributed by atoms with Crippen LogP contribution >= 0.6 is 22.9 Å². The number of rotatable bonds is 3. The van der Waals surface area contributed by atoms with Crippen molar-refractivity contribution < 1.29 is 0 Å². The standard InChI is InChI=1S/C15H16ClN3S/c1-9-7-12-15(17-8-9)19(14(18-12)10(2)16)11(3)13-5-4-6-20-13/h4-8,10-11H,1-3H3. The van der Waals surface area contributed by atoms with E-state index in [0.29, 0.717) is 0 Å². The number of imidazole rings is 1. The van der Waals surface area contributed by atoms with Crippen LogP contribution in [-0.2, 0) is 0 Å². The molecule has 0 amide bonds. The second-order valence-corrected chi connectivity index (χ2v) is 6.64. The van der Waals surface area contributed by atoms with Gasteiger partial charge in [0.15, 0.2) is 5.65 Å². The third-order valence-electron chi connectivity index (χ3n) is 3.39. The monoisotopic (exact) mass is 305 g/mol. The van der Waals surface area contributed by atoms with Crippen molar-refractivity contribution in [1.29, 1.82) is 0 Å². The fourth-order valence-corrected chi connectivity index (χ4v) is 3.35. The van der Waals surface area contributed by atoms with Crippen molar-refractivity contribution in [1.82, 2.24) is 14.5 Å². The third kappa shape index (κ3) is 2.23. The Bertz CT molecular complexity index is 731. The molecule has 0 aliphatic rings. The van der Waals surface area contributed by atoms with Gasteiger partial charge in [-0.3, -0.25) is 0 Å². The van der Waals surface area contributed by atoms with Gasteiger partial charge in [0, 0.05) is 11.1 Å². The molecule has 0 saturated carbocycles. The lowest BCUT2D eigenvalue weighted by Gasteiger charge is -2.16. The second-order valence-electron chi connectivity index (χ2n) is 5.00. The molecular weight excluding hydrogens is 290 g/mol. The first-order chi connectivity index (χ1) is 9.58. The summed E-state index contributed by atoms with van der Waals surface area (Å²) in [4.78, 5) is 10.5. The summed E-state index contributed by atoms with van der Waals surface area (Å²) >= 11 is 8.06. The summed E-state index contributed by atoms with van der Waals surface area (Å²) < 4.78 is 2.15. The number of pyridine rings is 1. The Morgan fingerprint density at radius 2 is 2.15 bits per heavy atom. The molecule has 0 radical (unpaired) electrons. The smallest absolute Gasteiger partial charge is 0.160 e. The Morgan fingerprint density at radius 3 is 2.80 bits per heavy atom. The van der Waals surface area contributed by atoms with E-state index >= 15 is 0 Å². The lowest BCUT2D eigenvalue weighted by atomic mass is 10.2. The van der Waals surface area contributed by atoms with E-state index in [1.165, 1.54) is 4.88 Å². The van der Waals surface area contributed by atoms with Gasteiger partial charge in [-0.1, -0.05) is 6.07 Å². The van der Waals surface area contributed by atoms with Crippen LogP contribution in [0.5, 0.6) is 0 Å². The molecule has 2 unspecified atom stereocenters. The Balaban J connectivity index is 2.24. The van der Waals surface area contributed by atoms with Crippen LogP contribution in [0.2, 0.25) is 0 Å². The zero-order valence-electron chi connectivity index (χ0n) is 11.7. The number of thiophene rings is 1. The maximum Gasteiger partial charge on any atom is 0.160 e. The van der Waals surface area contributed by atoms with Crippen LogP contribution in [0.15, 0.2) is 29.8 Å². The van der Waals surface area contributed by atoms with Crippen molar-refractivity contribution >= 4 is 34.1 Å². The molecule has 0 aliphatic heterocycles. The summed E-state index contributed by atoms with van der Waals surface area (Å²) in [6.45, 7) is 6.14. The van der Waals surface area contributed by atoms with E-state index in [1.54, 1.807) is 11.3 Å². The van der Waals surface area contributed by atoms with Gasteiger partial charge in [0.25, 0.3) is 0 Å². The number of alkyl halides is 1. The maximum absolute atomic E-state index is 6.32. The molecule has 3 heterocycles. The normalized spacial score (nSPS) is 14.6. The van der Waals surface area contributed by atoms with Gasteiger partial charge in [0.2, 0.25) is 0 Å². The van der Waals surface area contributed by atoms with Gasteiger partial charge >= 0.3 is 0 Å². The molecule has 3 rings (SSSR count). The Kier molecular flexibility index (Phi) is 3.52. The van der Waals surface area contributed by atoms with Gasteiger partial charge in [-0.25, -0.2) is 9.97 Å². The molecule has 3 nitrogen and oxygen atoms in total. The molecule has 2 atom stereocenters. The van der Waals surface area contributed by atoms with Crippen molar-refractivity contribution in [2.45, 2.75) is 32.2 Å². The maximum atomic E-state index is 6.32. The first-order valence-corrected chi connectivity index (χ1v) is 7.91. The van der Waals surface area contributed by atoms with Crippen LogP contribution in [0, 0.1) is 6.92 Å². The van der Waals surface area contributed by atoms with Gasteiger partial charge < -0.3 is 4.57 Å². The van der Waals surface area contributed by atoms with Crippen LogP contribution in [-0.4, -0.2) is 14.5 Å². The molecule has 5 heteroatoms. The molecule has 0 aromatic carbocycles. The summed E-state index contributed by atoms with van der Waals surface area (Å²) in [7, 11) is 0. The molecule has 104 valence electrons. The molecule has 3 aromatic heterocycles. The molecule has 0 N–H and O–H groups in total. The van der Waals surface area contributed by atoms with E-state index < -0.39 is 0 Å². The first kappa shape index (κ1) is 13.6. The van der Waals surface area contributed by atoms with Gasteiger partial charge in [-0.2, -0.15) is 0 Å². The van der Waals surface area contributed by atoms with Crippen molar-refractivity contribution in [3.05, 3.63) is 46.0 Å². The SMILES string of the molecule is Cc1cnc2c(c1)nc(C(C)Cl)n2C(C)c1cccs1. The number of hydrogen-bond donors (Lipinski definition) is 0. The molecule has 0 saturated heterocycles. The number of aromatic nitrogens is 3. The Labute approximate surface area is 127 Å². The van der Waals surface area contributed by atoms with Gasteiger partial charge in [0.1, 0.15) is 11.3 Å². The number of aryl methyl sites for hydroxylation is 1. The Hall–Kier alpha value is -1.39. The third-order valence-corrected chi connectivity index (χ3v) is 4.63. The van der Waals surface area contributed by atoms with Gasteiger partial charge in [0.05, 0.1) is 11.4 Å². The van der Waals surface area contributed by atoms with Gasteiger partial charge in [-0.15, -0.1) is 22.9 Å². The Morgan fingerprint density at radius 1 is 1.35 bits per heavy atom. The summed E-state index contributed by atoms with van der Waals surface area (Å²) in [5, 5.41) is 1.94. The van der Waals surface area contributed by atoms with E-state index in [4.69, 9.17) is 11.6 Å². The number of nitrogens with zero attached hydrogens (tertiary/aromatic N) is 3. The van der Waals surface area contributed by atoms with Gasteiger partial charge in [-0.05, 0) is 43.8 Å². The summed E-state index contributed by atoms with van der Waals surface area (Å²) in [5.74, 6) is 0.876. The fraction of sp³-hybridized carbons (Fsp3) is 0.333. The predicted octanol–water partition coefficient (Wildman–Crippen LogP) is 4.71. The van der Waals surface area contributed by atoms with Crippen LogP contribution < -0.4 is 0 Å². The first-order valence-electron chi connectivity index (χ1n) is 6.60. The lowest BCUT2D eigenvalue weighted by Crippen LogP contribution is -2.10.